The molecule has 0 saturated carbocycles. The van der Waals surface area contributed by atoms with Gasteiger partial charge in [-0.05, 0) is 48.9 Å². The molecular formula is C20H31FN2O. The Labute approximate surface area is 145 Å². The van der Waals surface area contributed by atoms with Crippen LogP contribution in [0.5, 0.6) is 0 Å². The maximum Gasteiger partial charge on any atom is 0.224 e. The highest BCUT2D eigenvalue weighted by molar-refractivity contribution is 5.79. The number of nitrogens with zero attached hydrogens (tertiary/aromatic N) is 1. The second kappa shape index (κ2) is 8.61. The summed E-state index contributed by atoms with van der Waals surface area (Å²) >= 11 is 0. The van der Waals surface area contributed by atoms with Gasteiger partial charge in [-0.2, -0.15) is 0 Å². The van der Waals surface area contributed by atoms with E-state index in [0.717, 1.165) is 38.0 Å². The lowest BCUT2D eigenvalue weighted by Gasteiger charge is -2.34. The summed E-state index contributed by atoms with van der Waals surface area (Å²) in [5.74, 6) is 0.911. The first-order chi connectivity index (χ1) is 11.4. The van der Waals surface area contributed by atoms with Gasteiger partial charge in [-0.25, -0.2) is 4.39 Å². The fourth-order valence-electron chi connectivity index (χ4n) is 3.65. The van der Waals surface area contributed by atoms with Gasteiger partial charge in [-0.3, -0.25) is 9.69 Å². The summed E-state index contributed by atoms with van der Waals surface area (Å²) in [7, 11) is 0. The number of carbonyl (C=O) groups is 1. The first kappa shape index (κ1) is 18.9. The van der Waals surface area contributed by atoms with E-state index in [-0.39, 0.29) is 23.7 Å². The van der Waals surface area contributed by atoms with Gasteiger partial charge < -0.3 is 5.32 Å². The average Bonchev–Trinajstić information content (AvgIpc) is 2.54. The van der Waals surface area contributed by atoms with Crippen molar-refractivity contribution in [2.24, 2.45) is 17.8 Å². The van der Waals surface area contributed by atoms with E-state index in [4.69, 9.17) is 0 Å². The zero-order valence-electron chi connectivity index (χ0n) is 15.4. The molecule has 1 aromatic rings. The summed E-state index contributed by atoms with van der Waals surface area (Å²) in [5.41, 5.74) is 1.10. The number of likely N-dealkylation sites (tertiary alicyclic amines) is 1. The van der Waals surface area contributed by atoms with E-state index < -0.39 is 0 Å². The third-order valence-electron chi connectivity index (χ3n) is 4.94. The van der Waals surface area contributed by atoms with E-state index in [2.05, 4.69) is 37.9 Å². The predicted octanol–water partition coefficient (Wildman–Crippen LogP) is 3.83. The Hall–Kier alpha value is -1.42. The second-order valence-corrected chi connectivity index (χ2v) is 7.72. The minimum absolute atomic E-state index is 0.0548. The first-order valence-corrected chi connectivity index (χ1v) is 9.14. The molecule has 3 nitrogen and oxygen atoms in total. The SMILES string of the molecule is CC(C)C(NC(=O)[C@H]1CCCN(Cc2ccc(F)cc2)C1)C(C)C. The lowest BCUT2D eigenvalue weighted by molar-refractivity contribution is -0.128. The van der Waals surface area contributed by atoms with Crippen molar-refractivity contribution in [3.8, 4) is 0 Å². The molecule has 0 bridgehead atoms. The van der Waals surface area contributed by atoms with E-state index in [1.54, 1.807) is 0 Å². The Kier molecular flexibility index (Phi) is 6.79. The van der Waals surface area contributed by atoms with E-state index in [1.807, 2.05) is 12.1 Å². The van der Waals surface area contributed by atoms with Crippen molar-refractivity contribution in [3.63, 3.8) is 0 Å². The molecular weight excluding hydrogens is 303 g/mol. The van der Waals surface area contributed by atoms with E-state index in [0.29, 0.717) is 11.8 Å². The molecule has 1 saturated heterocycles. The van der Waals surface area contributed by atoms with E-state index in [1.165, 1.54) is 12.1 Å². The van der Waals surface area contributed by atoms with Crippen LogP contribution >= 0.6 is 0 Å². The molecule has 1 atom stereocenters. The van der Waals surface area contributed by atoms with Crippen molar-refractivity contribution in [2.45, 2.75) is 53.1 Å². The third-order valence-corrected chi connectivity index (χ3v) is 4.94. The smallest absolute Gasteiger partial charge is 0.224 e. The third kappa shape index (κ3) is 5.30. The minimum atomic E-state index is -0.205. The topological polar surface area (TPSA) is 32.3 Å². The van der Waals surface area contributed by atoms with Gasteiger partial charge >= 0.3 is 0 Å². The van der Waals surface area contributed by atoms with Crippen molar-refractivity contribution in [3.05, 3.63) is 35.6 Å². The molecule has 0 unspecified atom stereocenters. The van der Waals surface area contributed by atoms with Crippen molar-refractivity contribution in [1.29, 1.82) is 0 Å². The summed E-state index contributed by atoms with van der Waals surface area (Å²) in [6.07, 6.45) is 1.99. The zero-order valence-corrected chi connectivity index (χ0v) is 15.4. The standard InChI is InChI=1S/C20H31FN2O/c1-14(2)19(15(3)4)22-20(24)17-6-5-11-23(13-17)12-16-7-9-18(21)10-8-16/h7-10,14-15,17,19H,5-6,11-13H2,1-4H3,(H,22,24)/t17-/m0/s1. The van der Waals surface area contributed by atoms with Crippen molar-refractivity contribution < 1.29 is 9.18 Å². The van der Waals surface area contributed by atoms with Crippen LogP contribution in [0.1, 0.15) is 46.1 Å². The van der Waals surface area contributed by atoms with Crippen molar-refractivity contribution in [2.75, 3.05) is 13.1 Å². The number of hydrogen-bond donors (Lipinski definition) is 1. The number of carbonyl (C=O) groups excluding carboxylic acids is 1. The Morgan fingerprint density at radius 1 is 1.21 bits per heavy atom. The minimum Gasteiger partial charge on any atom is -0.353 e. The molecule has 1 heterocycles. The van der Waals surface area contributed by atoms with Crippen LogP contribution < -0.4 is 5.32 Å². The van der Waals surface area contributed by atoms with Gasteiger partial charge in [0.05, 0.1) is 5.92 Å². The summed E-state index contributed by atoms with van der Waals surface area (Å²) < 4.78 is 13.0. The van der Waals surface area contributed by atoms with E-state index >= 15 is 0 Å². The second-order valence-electron chi connectivity index (χ2n) is 7.72. The summed E-state index contributed by atoms with van der Waals surface area (Å²) in [6.45, 7) is 11.2. The maximum atomic E-state index is 13.0. The van der Waals surface area contributed by atoms with Gasteiger partial charge in [-0.1, -0.05) is 39.8 Å². The zero-order chi connectivity index (χ0) is 17.7. The van der Waals surface area contributed by atoms with Gasteiger partial charge in [-0.15, -0.1) is 0 Å². The number of piperidine rings is 1. The molecule has 0 spiro atoms. The number of hydrogen-bond acceptors (Lipinski definition) is 2. The monoisotopic (exact) mass is 334 g/mol. The molecule has 1 aliphatic heterocycles. The van der Waals surface area contributed by atoms with E-state index in [9.17, 15) is 9.18 Å². The highest BCUT2D eigenvalue weighted by Gasteiger charge is 2.28. The van der Waals surface area contributed by atoms with Crippen molar-refractivity contribution in [1.82, 2.24) is 10.2 Å². The molecule has 1 aromatic carbocycles. The van der Waals surface area contributed by atoms with Crippen LogP contribution in [-0.4, -0.2) is 29.9 Å². The quantitative estimate of drug-likeness (QED) is 0.857. The molecule has 134 valence electrons. The van der Waals surface area contributed by atoms with Gasteiger partial charge in [0.1, 0.15) is 5.82 Å². The molecule has 1 N–H and O–H groups in total. The maximum absolute atomic E-state index is 13.0. The molecule has 1 amide bonds. The normalized spacial score (nSPS) is 19.2. The van der Waals surface area contributed by atoms with Crippen LogP contribution in [0.25, 0.3) is 0 Å². The van der Waals surface area contributed by atoms with Crippen molar-refractivity contribution >= 4 is 5.91 Å². The fraction of sp³-hybridized carbons (Fsp3) is 0.650. The lowest BCUT2D eigenvalue weighted by Crippen LogP contribution is -2.48. The number of rotatable bonds is 6. The van der Waals surface area contributed by atoms with Gasteiger partial charge in [0.15, 0.2) is 0 Å². The highest BCUT2D eigenvalue weighted by Crippen LogP contribution is 2.20. The van der Waals surface area contributed by atoms with Crippen LogP contribution in [0.3, 0.4) is 0 Å². The highest BCUT2D eigenvalue weighted by atomic mass is 19.1. The Bertz CT molecular complexity index is 519. The van der Waals surface area contributed by atoms with Gasteiger partial charge in [0, 0.05) is 19.1 Å². The van der Waals surface area contributed by atoms with Crippen LogP contribution in [0.15, 0.2) is 24.3 Å². The molecule has 2 rings (SSSR count). The number of nitrogens with one attached hydrogen (secondary N) is 1. The molecule has 1 aliphatic rings. The molecule has 0 radical (unpaired) electrons. The number of benzene rings is 1. The van der Waals surface area contributed by atoms with Crippen LogP contribution in [0.4, 0.5) is 4.39 Å². The van der Waals surface area contributed by atoms with Crippen LogP contribution in [-0.2, 0) is 11.3 Å². The van der Waals surface area contributed by atoms with Gasteiger partial charge in [0.2, 0.25) is 5.91 Å². The summed E-state index contributed by atoms with van der Waals surface area (Å²) in [5, 5.41) is 3.26. The Morgan fingerprint density at radius 3 is 2.42 bits per heavy atom. The number of halogens is 1. The summed E-state index contributed by atoms with van der Waals surface area (Å²) in [6, 6.07) is 6.88. The average molecular weight is 334 g/mol. The van der Waals surface area contributed by atoms with Gasteiger partial charge in [0.25, 0.3) is 0 Å². The van der Waals surface area contributed by atoms with Crippen LogP contribution in [0.2, 0.25) is 0 Å². The fourth-order valence-corrected chi connectivity index (χ4v) is 3.65. The van der Waals surface area contributed by atoms with Crippen LogP contribution in [0, 0.1) is 23.6 Å². The molecule has 0 aromatic heterocycles. The Morgan fingerprint density at radius 2 is 1.83 bits per heavy atom. The summed E-state index contributed by atoms with van der Waals surface area (Å²) in [4.78, 5) is 15.0. The molecule has 24 heavy (non-hydrogen) atoms. The molecule has 4 heteroatoms. The Balaban J connectivity index is 1.92. The molecule has 1 fully saturated rings. The first-order valence-electron chi connectivity index (χ1n) is 9.14. The number of amides is 1. The largest absolute Gasteiger partial charge is 0.353 e. The molecule has 0 aliphatic carbocycles. The predicted molar refractivity (Wildman–Crippen MR) is 96.0 cm³/mol. The lowest BCUT2D eigenvalue weighted by atomic mass is 9.91.